The molecule has 0 fully saturated rings. The minimum Gasteiger partial charge on any atom is -0.454 e. The van der Waals surface area contributed by atoms with E-state index in [9.17, 15) is 13.2 Å². The summed E-state index contributed by atoms with van der Waals surface area (Å²) in [5.74, 6) is 1.11. The zero-order chi connectivity index (χ0) is 16.5. The average Bonchev–Trinajstić information content (AvgIpc) is 2.79. The van der Waals surface area contributed by atoms with E-state index in [2.05, 4.69) is 0 Å². The first-order chi connectivity index (χ1) is 10.1. The molecule has 8 heteroatoms. The number of carbonyl (C=O) groups excluding carboxylic acids is 1. The third-order valence-corrected chi connectivity index (χ3v) is 3.84. The van der Waals surface area contributed by atoms with Crippen LogP contribution in [0.4, 0.5) is 4.79 Å². The van der Waals surface area contributed by atoms with Gasteiger partial charge in [-0.15, -0.1) is 0 Å². The van der Waals surface area contributed by atoms with Crippen LogP contribution in [0.3, 0.4) is 0 Å². The van der Waals surface area contributed by atoms with Crippen LogP contribution in [0.1, 0.15) is 26.3 Å². The molecule has 0 saturated heterocycles. The monoisotopic (exact) mass is 329 g/mol. The van der Waals surface area contributed by atoms with Crippen molar-refractivity contribution >= 4 is 16.1 Å². The second-order valence-corrected chi connectivity index (χ2v) is 7.84. The van der Waals surface area contributed by atoms with Crippen molar-refractivity contribution in [2.24, 2.45) is 0 Å². The summed E-state index contributed by atoms with van der Waals surface area (Å²) in [4.78, 5) is 12.1. The Morgan fingerprint density at radius 2 is 1.91 bits per heavy atom. The summed E-state index contributed by atoms with van der Waals surface area (Å²) in [5.41, 5.74) is -0.185. The van der Waals surface area contributed by atoms with Crippen molar-refractivity contribution in [1.82, 2.24) is 4.31 Å². The van der Waals surface area contributed by atoms with Crippen molar-refractivity contribution < 1.29 is 27.4 Å². The molecule has 1 aliphatic heterocycles. The normalized spacial score (nSPS) is 13.8. The molecule has 0 aromatic heterocycles. The van der Waals surface area contributed by atoms with Crippen LogP contribution < -0.4 is 9.47 Å². The maximum Gasteiger partial charge on any atom is 0.424 e. The molecule has 1 aromatic carbocycles. The topological polar surface area (TPSA) is 82.1 Å². The van der Waals surface area contributed by atoms with Gasteiger partial charge in [0.2, 0.25) is 16.8 Å². The van der Waals surface area contributed by atoms with Crippen LogP contribution in [0, 0.1) is 0 Å². The molecule has 2 rings (SSSR count). The molecule has 1 amide bonds. The second-order valence-electron chi connectivity index (χ2n) is 5.94. The van der Waals surface area contributed by atoms with Gasteiger partial charge in [0.15, 0.2) is 11.5 Å². The Hall–Kier alpha value is -1.96. The molecule has 0 bridgehead atoms. The van der Waals surface area contributed by atoms with Crippen molar-refractivity contribution in [2.75, 3.05) is 13.0 Å². The lowest BCUT2D eigenvalue weighted by atomic mass is 10.2. The van der Waals surface area contributed by atoms with Gasteiger partial charge in [0.05, 0.1) is 12.8 Å². The van der Waals surface area contributed by atoms with Crippen LogP contribution in [0.5, 0.6) is 11.5 Å². The molecule has 0 aliphatic carbocycles. The summed E-state index contributed by atoms with van der Waals surface area (Å²) in [6, 6.07) is 4.99. The van der Waals surface area contributed by atoms with Crippen LogP contribution in [0.2, 0.25) is 0 Å². The number of hydrogen-bond donors (Lipinski definition) is 0. The van der Waals surface area contributed by atoms with Crippen molar-refractivity contribution in [2.45, 2.75) is 32.9 Å². The number of nitrogens with zero attached hydrogens (tertiary/aromatic N) is 1. The van der Waals surface area contributed by atoms with Crippen molar-refractivity contribution in [1.29, 1.82) is 0 Å². The fourth-order valence-electron chi connectivity index (χ4n) is 1.84. The molecular weight excluding hydrogens is 310 g/mol. The number of rotatable bonds is 3. The van der Waals surface area contributed by atoms with Gasteiger partial charge in [-0.3, -0.25) is 0 Å². The fourth-order valence-corrected chi connectivity index (χ4v) is 2.53. The number of ether oxygens (including phenoxy) is 3. The Balaban J connectivity index is 2.22. The Morgan fingerprint density at radius 3 is 2.50 bits per heavy atom. The summed E-state index contributed by atoms with van der Waals surface area (Å²) < 4.78 is 40.0. The van der Waals surface area contributed by atoms with Gasteiger partial charge in [-0.2, -0.15) is 0 Å². The first-order valence-corrected chi connectivity index (χ1v) is 8.50. The maximum atomic E-state index is 12.1. The molecule has 22 heavy (non-hydrogen) atoms. The van der Waals surface area contributed by atoms with E-state index >= 15 is 0 Å². The molecule has 1 aliphatic rings. The number of amides is 1. The van der Waals surface area contributed by atoms with E-state index in [1.807, 2.05) is 0 Å². The van der Waals surface area contributed by atoms with Crippen LogP contribution in [-0.2, 0) is 21.3 Å². The molecule has 0 N–H and O–H groups in total. The fraction of sp³-hybridized carbons (Fsp3) is 0.500. The van der Waals surface area contributed by atoms with Gasteiger partial charge in [-0.05, 0) is 38.5 Å². The summed E-state index contributed by atoms with van der Waals surface area (Å²) in [6.45, 7) is 5.01. The molecule has 0 unspecified atom stereocenters. The highest BCUT2D eigenvalue weighted by Crippen LogP contribution is 2.33. The van der Waals surface area contributed by atoms with Crippen LogP contribution >= 0.6 is 0 Å². The van der Waals surface area contributed by atoms with E-state index in [0.717, 1.165) is 6.26 Å². The third-order valence-electron chi connectivity index (χ3n) is 2.76. The number of hydrogen-bond acceptors (Lipinski definition) is 6. The molecule has 0 spiro atoms. The SMILES string of the molecule is CC(C)(C)OC(=O)N(Cc1ccc2c(c1)OCO2)S(C)(=O)=O. The number of sulfonamides is 1. The first-order valence-electron chi connectivity index (χ1n) is 6.65. The molecule has 0 radical (unpaired) electrons. The molecule has 1 heterocycles. The lowest BCUT2D eigenvalue weighted by Crippen LogP contribution is -2.39. The highest BCUT2D eigenvalue weighted by Gasteiger charge is 2.29. The Kier molecular flexibility index (Phi) is 4.23. The highest BCUT2D eigenvalue weighted by atomic mass is 32.2. The van der Waals surface area contributed by atoms with E-state index in [0.29, 0.717) is 21.4 Å². The van der Waals surface area contributed by atoms with Crippen molar-refractivity contribution in [3.63, 3.8) is 0 Å². The van der Waals surface area contributed by atoms with Gasteiger partial charge < -0.3 is 14.2 Å². The van der Waals surface area contributed by atoms with Gasteiger partial charge in [-0.1, -0.05) is 6.07 Å². The van der Waals surface area contributed by atoms with Gasteiger partial charge in [0.25, 0.3) is 0 Å². The summed E-state index contributed by atoms with van der Waals surface area (Å²) in [5, 5.41) is 0. The average molecular weight is 329 g/mol. The minimum atomic E-state index is -3.76. The number of benzene rings is 1. The zero-order valence-electron chi connectivity index (χ0n) is 13.0. The summed E-state index contributed by atoms with van der Waals surface area (Å²) in [7, 11) is -3.76. The predicted octanol–water partition coefficient (Wildman–Crippen LogP) is 2.11. The molecule has 7 nitrogen and oxygen atoms in total. The van der Waals surface area contributed by atoms with E-state index < -0.39 is 21.7 Å². The Morgan fingerprint density at radius 1 is 1.27 bits per heavy atom. The molecular formula is C14H19NO6S. The van der Waals surface area contributed by atoms with Gasteiger partial charge in [-0.25, -0.2) is 17.5 Å². The zero-order valence-corrected chi connectivity index (χ0v) is 13.8. The molecule has 122 valence electrons. The van der Waals surface area contributed by atoms with Gasteiger partial charge in [0.1, 0.15) is 5.60 Å². The van der Waals surface area contributed by atoms with Crippen LogP contribution in [0.15, 0.2) is 18.2 Å². The van der Waals surface area contributed by atoms with Crippen molar-refractivity contribution in [3.8, 4) is 11.5 Å². The van der Waals surface area contributed by atoms with Gasteiger partial charge >= 0.3 is 6.09 Å². The number of carbonyl (C=O) groups is 1. The van der Waals surface area contributed by atoms with Gasteiger partial charge in [0, 0.05) is 0 Å². The number of fused-ring (bicyclic) bond motifs is 1. The molecule has 0 saturated carbocycles. The van der Waals surface area contributed by atoms with Crippen LogP contribution in [-0.4, -0.2) is 37.5 Å². The van der Waals surface area contributed by atoms with E-state index in [1.54, 1.807) is 39.0 Å². The van der Waals surface area contributed by atoms with Crippen molar-refractivity contribution in [3.05, 3.63) is 23.8 Å². The first kappa shape index (κ1) is 16.4. The largest absolute Gasteiger partial charge is 0.454 e. The standard InChI is InChI=1S/C14H19NO6S/c1-14(2,3)21-13(16)15(22(4,17)18)8-10-5-6-11-12(7-10)20-9-19-11/h5-7H,8-9H2,1-4H3. The lowest BCUT2D eigenvalue weighted by molar-refractivity contribution is 0.0382. The summed E-state index contributed by atoms with van der Waals surface area (Å²) in [6.07, 6.45) is 0.0526. The molecule has 1 aromatic rings. The Bertz CT molecular complexity index is 677. The lowest BCUT2D eigenvalue weighted by Gasteiger charge is -2.26. The Labute approximate surface area is 129 Å². The van der Waals surface area contributed by atoms with E-state index in [4.69, 9.17) is 14.2 Å². The van der Waals surface area contributed by atoms with Crippen LogP contribution in [0.25, 0.3) is 0 Å². The predicted molar refractivity (Wildman–Crippen MR) is 79.2 cm³/mol. The third kappa shape index (κ3) is 4.03. The maximum absolute atomic E-state index is 12.1. The minimum absolute atomic E-state index is 0.126. The smallest absolute Gasteiger partial charge is 0.424 e. The highest BCUT2D eigenvalue weighted by molar-refractivity contribution is 7.88. The van der Waals surface area contributed by atoms with E-state index in [-0.39, 0.29) is 13.3 Å². The second kappa shape index (κ2) is 5.68. The quantitative estimate of drug-likeness (QED) is 0.845. The molecule has 0 atom stereocenters. The summed E-state index contributed by atoms with van der Waals surface area (Å²) >= 11 is 0. The van der Waals surface area contributed by atoms with E-state index in [1.165, 1.54) is 0 Å².